The summed E-state index contributed by atoms with van der Waals surface area (Å²) in [6, 6.07) is 10.7. The van der Waals surface area contributed by atoms with Crippen molar-refractivity contribution in [3.05, 3.63) is 64.1 Å². The predicted octanol–water partition coefficient (Wildman–Crippen LogP) is 3.63. The van der Waals surface area contributed by atoms with Crippen molar-refractivity contribution in [1.82, 2.24) is 10.3 Å². The van der Waals surface area contributed by atoms with E-state index in [1.165, 1.54) is 7.11 Å². The second-order valence-corrected chi connectivity index (χ2v) is 7.56. The summed E-state index contributed by atoms with van der Waals surface area (Å²) < 4.78 is 16.5. The lowest BCUT2D eigenvalue weighted by molar-refractivity contribution is 0.0886. The van der Waals surface area contributed by atoms with Crippen LogP contribution < -0.4 is 20.4 Å². The maximum atomic E-state index is 12.7. The van der Waals surface area contributed by atoms with Gasteiger partial charge in [-0.05, 0) is 50.3 Å². The van der Waals surface area contributed by atoms with Crippen LogP contribution in [0.4, 0.5) is 0 Å². The number of methoxy groups -OCH3 is 1. The number of carbonyl (C=O) groups is 1. The highest BCUT2D eigenvalue weighted by Gasteiger charge is 2.25. The molecule has 7 heteroatoms. The van der Waals surface area contributed by atoms with Crippen molar-refractivity contribution in [2.24, 2.45) is 0 Å². The van der Waals surface area contributed by atoms with Crippen LogP contribution in [0.25, 0.3) is 11.0 Å². The van der Waals surface area contributed by atoms with Gasteiger partial charge in [-0.1, -0.05) is 18.2 Å². The van der Waals surface area contributed by atoms with E-state index in [4.69, 9.17) is 13.9 Å². The van der Waals surface area contributed by atoms with Gasteiger partial charge in [-0.25, -0.2) is 9.78 Å². The number of rotatable bonds is 5. The lowest BCUT2D eigenvalue weighted by Crippen LogP contribution is -2.41. The van der Waals surface area contributed by atoms with E-state index < -0.39 is 11.5 Å². The molecule has 0 saturated heterocycles. The maximum absolute atomic E-state index is 12.7. The third-order valence-corrected chi connectivity index (χ3v) is 5.37. The molecule has 0 radical (unpaired) electrons. The zero-order valence-corrected chi connectivity index (χ0v) is 17.0. The molecular formula is C23H24N2O5. The van der Waals surface area contributed by atoms with Crippen LogP contribution in [0.3, 0.4) is 0 Å². The number of para-hydroxylation sites is 1. The maximum Gasteiger partial charge on any atom is 0.349 e. The highest BCUT2D eigenvalue weighted by atomic mass is 16.5. The molecular weight excluding hydrogens is 384 g/mol. The molecule has 0 bridgehead atoms. The fourth-order valence-corrected chi connectivity index (χ4v) is 3.72. The Balaban J connectivity index is 1.38. The lowest BCUT2D eigenvalue weighted by atomic mass is 9.92. The van der Waals surface area contributed by atoms with Gasteiger partial charge < -0.3 is 19.2 Å². The van der Waals surface area contributed by atoms with Gasteiger partial charge in [0.2, 0.25) is 5.88 Å². The Morgan fingerprint density at radius 1 is 1.17 bits per heavy atom. The van der Waals surface area contributed by atoms with Crippen LogP contribution in [0, 0.1) is 6.92 Å². The van der Waals surface area contributed by atoms with E-state index in [9.17, 15) is 9.59 Å². The number of fused-ring (bicyclic) bond motifs is 1. The normalized spacial score (nSPS) is 18.7. The minimum absolute atomic E-state index is 0.00187. The molecule has 7 nitrogen and oxygen atoms in total. The van der Waals surface area contributed by atoms with Crippen molar-refractivity contribution >= 4 is 16.9 Å². The molecule has 1 aliphatic rings. The number of ether oxygens (including phenoxy) is 2. The lowest BCUT2D eigenvalue weighted by Gasteiger charge is -2.29. The molecule has 0 spiro atoms. The molecule has 0 atom stereocenters. The van der Waals surface area contributed by atoms with Crippen LogP contribution in [0.1, 0.15) is 41.6 Å². The van der Waals surface area contributed by atoms with E-state index in [1.807, 2.05) is 19.1 Å². The number of nitrogens with zero attached hydrogens (tertiary/aromatic N) is 1. The van der Waals surface area contributed by atoms with Gasteiger partial charge in [0.1, 0.15) is 11.7 Å². The number of aromatic nitrogens is 1. The average molecular weight is 408 g/mol. The zero-order valence-electron chi connectivity index (χ0n) is 17.0. The Bertz CT molecular complexity index is 1100. The molecule has 1 saturated carbocycles. The van der Waals surface area contributed by atoms with Crippen LogP contribution in [-0.2, 0) is 0 Å². The highest BCUT2D eigenvalue weighted by Crippen LogP contribution is 2.25. The number of pyridine rings is 1. The number of carbonyl (C=O) groups excluding carboxylic acids is 1. The summed E-state index contributed by atoms with van der Waals surface area (Å²) in [5, 5.41) is 3.60. The molecule has 30 heavy (non-hydrogen) atoms. The van der Waals surface area contributed by atoms with Crippen molar-refractivity contribution in [2.45, 2.75) is 44.8 Å². The molecule has 1 N–H and O–H groups in total. The molecule has 4 rings (SSSR count). The van der Waals surface area contributed by atoms with Crippen molar-refractivity contribution < 1.29 is 18.7 Å². The fourth-order valence-electron chi connectivity index (χ4n) is 3.72. The summed E-state index contributed by atoms with van der Waals surface area (Å²) >= 11 is 0. The van der Waals surface area contributed by atoms with E-state index in [-0.39, 0.29) is 17.7 Å². The van der Waals surface area contributed by atoms with E-state index in [2.05, 4.69) is 10.3 Å². The molecule has 1 amide bonds. The highest BCUT2D eigenvalue weighted by molar-refractivity contribution is 5.97. The van der Waals surface area contributed by atoms with Gasteiger partial charge in [-0.3, -0.25) is 4.79 Å². The van der Waals surface area contributed by atoms with Gasteiger partial charge in [0.25, 0.3) is 5.91 Å². The van der Waals surface area contributed by atoms with Crippen molar-refractivity contribution in [3.8, 4) is 11.6 Å². The summed E-state index contributed by atoms with van der Waals surface area (Å²) in [7, 11) is 1.50. The van der Waals surface area contributed by atoms with Crippen LogP contribution in [0.15, 0.2) is 51.8 Å². The van der Waals surface area contributed by atoms with Gasteiger partial charge in [-0.2, -0.15) is 0 Å². The van der Waals surface area contributed by atoms with Crippen LogP contribution in [0.2, 0.25) is 0 Å². The van der Waals surface area contributed by atoms with E-state index in [1.54, 1.807) is 30.5 Å². The van der Waals surface area contributed by atoms with Crippen LogP contribution >= 0.6 is 0 Å². The summed E-state index contributed by atoms with van der Waals surface area (Å²) in [5.74, 6) is 0.660. The Morgan fingerprint density at radius 2 is 1.97 bits per heavy atom. The fraction of sp³-hybridized carbons (Fsp3) is 0.348. The standard InChI is InChI=1S/C23H24N2O5/c1-14-6-11-20(24-13-14)29-17-9-7-16(8-10-17)25-22(26)18-12-15-4-3-5-19(28-2)21(15)30-23(18)27/h3-6,11-13,16-17H,7-10H2,1-2H3,(H,25,26). The van der Waals surface area contributed by atoms with Crippen molar-refractivity contribution in [1.29, 1.82) is 0 Å². The van der Waals surface area contributed by atoms with E-state index >= 15 is 0 Å². The second-order valence-electron chi connectivity index (χ2n) is 7.56. The molecule has 0 aliphatic heterocycles. The predicted molar refractivity (Wildman–Crippen MR) is 112 cm³/mol. The smallest absolute Gasteiger partial charge is 0.349 e. The minimum Gasteiger partial charge on any atom is -0.493 e. The number of aryl methyl sites for hydroxylation is 1. The molecule has 1 aromatic carbocycles. The van der Waals surface area contributed by atoms with E-state index in [0.29, 0.717) is 22.6 Å². The quantitative estimate of drug-likeness (QED) is 0.649. The van der Waals surface area contributed by atoms with Crippen molar-refractivity contribution in [2.75, 3.05) is 7.11 Å². The number of hydrogen-bond donors (Lipinski definition) is 1. The third kappa shape index (κ3) is 4.30. The van der Waals surface area contributed by atoms with Gasteiger partial charge >= 0.3 is 5.63 Å². The summed E-state index contributed by atoms with van der Waals surface area (Å²) in [4.78, 5) is 29.3. The monoisotopic (exact) mass is 408 g/mol. The number of nitrogens with one attached hydrogen (secondary N) is 1. The first-order valence-corrected chi connectivity index (χ1v) is 10.0. The average Bonchev–Trinajstić information content (AvgIpc) is 2.75. The largest absolute Gasteiger partial charge is 0.493 e. The minimum atomic E-state index is -0.674. The summed E-state index contributed by atoms with van der Waals surface area (Å²) in [6.07, 6.45) is 5.02. The van der Waals surface area contributed by atoms with E-state index in [0.717, 1.165) is 31.2 Å². The Labute approximate surface area is 174 Å². The first-order valence-electron chi connectivity index (χ1n) is 10.0. The van der Waals surface area contributed by atoms with Gasteiger partial charge in [0, 0.05) is 23.7 Å². The van der Waals surface area contributed by atoms with Gasteiger partial charge in [0.15, 0.2) is 11.3 Å². The molecule has 2 aromatic heterocycles. The molecule has 3 aromatic rings. The zero-order chi connectivity index (χ0) is 21.1. The Morgan fingerprint density at radius 3 is 2.67 bits per heavy atom. The van der Waals surface area contributed by atoms with Gasteiger partial charge in [-0.15, -0.1) is 0 Å². The molecule has 0 unspecified atom stereocenters. The summed E-state index contributed by atoms with van der Waals surface area (Å²) in [5.41, 5.74) is 0.749. The third-order valence-electron chi connectivity index (χ3n) is 5.37. The second kappa shape index (κ2) is 8.57. The first kappa shape index (κ1) is 19.9. The first-order chi connectivity index (χ1) is 14.5. The molecule has 1 aliphatic carbocycles. The van der Waals surface area contributed by atoms with Crippen LogP contribution in [-0.4, -0.2) is 30.1 Å². The molecule has 156 valence electrons. The summed E-state index contributed by atoms with van der Waals surface area (Å²) in [6.45, 7) is 1.98. The Hall–Kier alpha value is -3.35. The van der Waals surface area contributed by atoms with Crippen LogP contribution in [0.5, 0.6) is 11.6 Å². The topological polar surface area (TPSA) is 90.7 Å². The number of amides is 1. The SMILES string of the molecule is COc1cccc2cc(C(=O)NC3CCC(Oc4ccc(C)cn4)CC3)c(=O)oc12. The molecule has 1 fully saturated rings. The van der Waals surface area contributed by atoms with Crippen molar-refractivity contribution in [3.63, 3.8) is 0 Å². The molecule has 2 heterocycles. The van der Waals surface area contributed by atoms with Gasteiger partial charge in [0.05, 0.1) is 7.11 Å². The number of hydrogen-bond acceptors (Lipinski definition) is 6. The number of benzene rings is 1. The Kier molecular flexibility index (Phi) is 5.70.